The Bertz CT molecular complexity index is 1440. The predicted molar refractivity (Wildman–Crippen MR) is 148 cm³/mol. The van der Waals surface area contributed by atoms with Gasteiger partial charge in [-0.2, -0.15) is 4.98 Å². The Morgan fingerprint density at radius 1 is 1.00 bits per heavy atom. The second-order valence-corrected chi connectivity index (χ2v) is 10.1. The fraction of sp³-hybridized carbons (Fsp3) is 0.357. The first-order valence-corrected chi connectivity index (χ1v) is 13.2. The molecule has 1 aliphatic heterocycles. The fourth-order valence-electron chi connectivity index (χ4n) is 5.32. The van der Waals surface area contributed by atoms with Gasteiger partial charge in [0.2, 0.25) is 11.9 Å². The molecule has 1 saturated carbocycles. The minimum atomic E-state index is -0.331. The van der Waals surface area contributed by atoms with Crippen LogP contribution in [0.2, 0.25) is 0 Å². The van der Waals surface area contributed by atoms with Gasteiger partial charge >= 0.3 is 0 Å². The first kappa shape index (κ1) is 24.2. The topological polar surface area (TPSA) is 111 Å². The van der Waals surface area contributed by atoms with E-state index in [4.69, 9.17) is 4.98 Å². The van der Waals surface area contributed by atoms with E-state index < -0.39 is 0 Å². The average molecular weight is 513 g/mol. The van der Waals surface area contributed by atoms with Gasteiger partial charge in [-0.3, -0.25) is 14.7 Å². The summed E-state index contributed by atoms with van der Waals surface area (Å²) in [4.78, 5) is 31.7. The third-order valence-corrected chi connectivity index (χ3v) is 7.45. The summed E-state index contributed by atoms with van der Waals surface area (Å²) in [5.74, 6) is 0.639. The normalized spacial score (nSPS) is 16.7. The molecule has 0 unspecified atom stereocenters. The summed E-state index contributed by atoms with van der Waals surface area (Å²) in [6.45, 7) is 4.19. The molecule has 1 saturated heterocycles. The van der Waals surface area contributed by atoms with Crippen molar-refractivity contribution in [1.29, 1.82) is 0 Å². The highest BCUT2D eigenvalue weighted by molar-refractivity contribution is 6.04. The molecule has 0 spiro atoms. The lowest BCUT2D eigenvalue weighted by Crippen LogP contribution is -2.44. The third kappa shape index (κ3) is 4.99. The van der Waals surface area contributed by atoms with Crippen molar-refractivity contribution in [3.63, 3.8) is 0 Å². The number of hydrogen-bond acceptors (Lipinski definition) is 8. The number of piperazine rings is 1. The summed E-state index contributed by atoms with van der Waals surface area (Å²) in [7, 11) is 2.16. The summed E-state index contributed by atoms with van der Waals surface area (Å²) in [6, 6.07) is 14.8. The number of fused-ring (bicyclic) bond motifs is 1. The number of anilines is 4. The van der Waals surface area contributed by atoms with Crippen molar-refractivity contribution in [1.82, 2.24) is 24.4 Å². The first-order chi connectivity index (χ1) is 18.5. The van der Waals surface area contributed by atoms with Crippen LogP contribution in [0.4, 0.5) is 23.3 Å². The first-order valence-electron chi connectivity index (χ1n) is 13.2. The van der Waals surface area contributed by atoms with Crippen LogP contribution in [0.3, 0.4) is 0 Å². The summed E-state index contributed by atoms with van der Waals surface area (Å²) < 4.78 is 2.03. The molecule has 0 bridgehead atoms. The molecule has 196 valence electrons. The number of benzene rings is 2. The number of aromatic hydroxyl groups is 1. The van der Waals surface area contributed by atoms with Gasteiger partial charge in [-0.05, 0) is 62.4 Å². The van der Waals surface area contributed by atoms with Crippen LogP contribution >= 0.6 is 0 Å². The molecule has 1 aliphatic carbocycles. The van der Waals surface area contributed by atoms with E-state index in [2.05, 4.69) is 61.7 Å². The number of likely N-dealkylation sites (N-methyl/N-ethyl adjacent to an activating group) is 1. The van der Waals surface area contributed by atoms with Crippen molar-refractivity contribution in [3.05, 3.63) is 60.3 Å². The Morgan fingerprint density at radius 3 is 2.50 bits per heavy atom. The van der Waals surface area contributed by atoms with Crippen molar-refractivity contribution in [2.75, 3.05) is 48.8 Å². The molecule has 38 heavy (non-hydrogen) atoms. The smallest absolute Gasteiger partial charge is 0.258 e. The Labute approximate surface area is 221 Å². The number of nitrogens with one attached hydrogen (secondary N) is 2. The van der Waals surface area contributed by atoms with Crippen LogP contribution in [-0.2, 0) is 0 Å². The molecule has 2 aromatic heterocycles. The monoisotopic (exact) mass is 512 g/mol. The van der Waals surface area contributed by atoms with Crippen LogP contribution < -0.4 is 15.5 Å². The number of imidazole rings is 1. The zero-order chi connectivity index (χ0) is 26.1. The molecule has 4 aromatic rings. The molecule has 0 radical (unpaired) electrons. The molecule has 10 nitrogen and oxygen atoms in total. The van der Waals surface area contributed by atoms with Crippen molar-refractivity contribution < 1.29 is 9.90 Å². The fourth-order valence-corrected chi connectivity index (χ4v) is 5.32. The number of amides is 1. The van der Waals surface area contributed by atoms with Crippen molar-refractivity contribution in [2.24, 2.45) is 0 Å². The van der Waals surface area contributed by atoms with Gasteiger partial charge in [0.05, 0.1) is 6.20 Å². The van der Waals surface area contributed by atoms with Crippen LogP contribution in [0.25, 0.3) is 11.2 Å². The van der Waals surface area contributed by atoms with Gasteiger partial charge in [-0.15, -0.1) is 0 Å². The Kier molecular flexibility index (Phi) is 6.55. The van der Waals surface area contributed by atoms with Gasteiger partial charge in [-0.25, -0.2) is 9.97 Å². The van der Waals surface area contributed by atoms with E-state index in [9.17, 15) is 9.90 Å². The number of carbonyl (C=O) groups excluding carboxylic acids is 1. The van der Waals surface area contributed by atoms with Crippen LogP contribution in [0.5, 0.6) is 5.75 Å². The van der Waals surface area contributed by atoms with Gasteiger partial charge in [0.1, 0.15) is 11.3 Å². The molecule has 6 rings (SSSR count). The summed E-state index contributed by atoms with van der Waals surface area (Å²) in [6.07, 6.45) is 5.95. The maximum absolute atomic E-state index is 12.9. The highest BCUT2D eigenvalue weighted by Gasteiger charge is 2.25. The lowest BCUT2D eigenvalue weighted by atomic mass is 10.2. The van der Waals surface area contributed by atoms with Crippen LogP contribution in [0.1, 0.15) is 42.1 Å². The van der Waals surface area contributed by atoms with E-state index in [-0.39, 0.29) is 17.7 Å². The SMILES string of the molecule is CN1CCN(c2ccc(Nc3ncc4nc(NC(=O)c5cccc(O)c5)n(C5CCCC5)c4n3)cc2)CC1. The molecule has 2 fully saturated rings. The van der Waals surface area contributed by atoms with E-state index in [1.165, 1.54) is 17.8 Å². The molecule has 10 heteroatoms. The van der Waals surface area contributed by atoms with Gasteiger partial charge in [0.15, 0.2) is 5.65 Å². The van der Waals surface area contributed by atoms with Gasteiger partial charge < -0.3 is 20.2 Å². The number of nitrogens with zero attached hydrogens (tertiary/aromatic N) is 6. The molecular weight excluding hydrogens is 480 g/mol. The summed E-state index contributed by atoms with van der Waals surface area (Å²) >= 11 is 0. The minimum Gasteiger partial charge on any atom is -0.508 e. The van der Waals surface area contributed by atoms with Crippen molar-refractivity contribution in [3.8, 4) is 5.75 Å². The zero-order valence-electron chi connectivity index (χ0n) is 21.5. The Morgan fingerprint density at radius 2 is 1.76 bits per heavy atom. The number of aromatic nitrogens is 4. The van der Waals surface area contributed by atoms with E-state index in [1.54, 1.807) is 18.3 Å². The molecule has 3 heterocycles. The van der Waals surface area contributed by atoms with E-state index >= 15 is 0 Å². The number of phenols is 1. The highest BCUT2D eigenvalue weighted by atomic mass is 16.3. The number of hydrogen-bond donors (Lipinski definition) is 3. The minimum absolute atomic E-state index is 0.0418. The van der Waals surface area contributed by atoms with Crippen LogP contribution in [0, 0.1) is 0 Å². The van der Waals surface area contributed by atoms with Crippen molar-refractivity contribution in [2.45, 2.75) is 31.7 Å². The number of rotatable bonds is 6. The second-order valence-electron chi connectivity index (χ2n) is 10.1. The van der Waals surface area contributed by atoms with Crippen molar-refractivity contribution >= 4 is 40.3 Å². The maximum atomic E-state index is 12.9. The summed E-state index contributed by atoms with van der Waals surface area (Å²) in [5.41, 5.74) is 3.80. The molecular formula is C28H32N8O2. The molecule has 1 amide bonds. The molecule has 2 aromatic carbocycles. The molecule has 2 aliphatic rings. The lowest BCUT2D eigenvalue weighted by Gasteiger charge is -2.34. The molecule has 3 N–H and O–H groups in total. The van der Waals surface area contributed by atoms with Gasteiger partial charge in [0.25, 0.3) is 5.91 Å². The van der Waals surface area contributed by atoms with E-state index in [1.807, 2.05) is 4.57 Å². The third-order valence-electron chi connectivity index (χ3n) is 7.45. The van der Waals surface area contributed by atoms with E-state index in [0.717, 1.165) is 57.5 Å². The predicted octanol–water partition coefficient (Wildman–Crippen LogP) is 4.39. The second kappa shape index (κ2) is 10.3. The lowest BCUT2D eigenvalue weighted by molar-refractivity contribution is 0.102. The van der Waals surface area contributed by atoms with Crippen LogP contribution in [0.15, 0.2) is 54.7 Å². The van der Waals surface area contributed by atoms with Gasteiger partial charge in [-0.1, -0.05) is 18.9 Å². The number of phenolic OH excluding ortho intramolecular Hbond substituents is 1. The average Bonchev–Trinajstić information content (AvgIpc) is 3.57. The largest absolute Gasteiger partial charge is 0.508 e. The van der Waals surface area contributed by atoms with Gasteiger partial charge in [0, 0.05) is 49.2 Å². The Balaban J connectivity index is 1.25. The maximum Gasteiger partial charge on any atom is 0.258 e. The highest BCUT2D eigenvalue weighted by Crippen LogP contribution is 2.35. The standard InChI is InChI=1S/C28H32N8O2/c1-34-13-15-35(16-14-34)21-11-9-20(10-12-21)30-27-29-18-24-25(32-27)36(22-6-2-3-7-22)28(31-24)33-26(38)19-5-4-8-23(37)17-19/h4-5,8-12,17-18,22,37H,2-3,6-7,13-16H2,1H3,(H,29,30,32)(H,31,33,38). The Hall–Kier alpha value is -4.18. The number of carbonyl (C=O) groups is 1. The summed E-state index contributed by atoms with van der Waals surface area (Å²) in [5, 5.41) is 16.0. The zero-order valence-corrected chi connectivity index (χ0v) is 21.5. The molecule has 0 atom stereocenters. The van der Waals surface area contributed by atoms with E-state index in [0.29, 0.717) is 28.6 Å². The quantitative estimate of drug-likeness (QED) is 0.349. The van der Waals surface area contributed by atoms with Crippen LogP contribution in [-0.4, -0.2) is 68.7 Å².